The number of nitrogens with zero attached hydrogens (tertiary/aromatic N) is 3. The molecule has 5 aromatic rings. The van der Waals surface area contributed by atoms with Crippen molar-refractivity contribution in [1.29, 1.82) is 0 Å². The molecule has 6 rings (SSSR count). The number of carbonyl (C=O) groups excluding carboxylic acids is 1. The number of aromatic nitrogens is 3. The van der Waals surface area contributed by atoms with Gasteiger partial charge in [-0.2, -0.15) is 0 Å². The van der Waals surface area contributed by atoms with Gasteiger partial charge < -0.3 is 14.4 Å². The molecule has 6 nitrogen and oxygen atoms in total. The van der Waals surface area contributed by atoms with E-state index in [9.17, 15) is 4.79 Å². The molecule has 0 aliphatic carbocycles. The Kier molecular flexibility index (Phi) is 4.57. The van der Waals surface area contributed by atoms with E-state index in [2.05, 4.69) is 33.3 Å². The number of fused-ring (bicyclic) bond motifs is 3. The Morgan fingerprint density at radius 1 is 1.03 bits per heavy atom. The van der Waals surface area contributed by atoms with Crippen molar-refractivity contribution in [3.05, 3.63) is 107 Å². The molecule has 162 valence electrons. The van der Waals surface area contributed by atoms with Gasteiger partial charge >= 0.3 is 0 Å². The van der Waals surface area contributed by atoms with E-state index in [1.807, 2.05) is 59.5 Å². The van der Waals surface area contributed by atoms with Crippen LogP contribution in [0.15, 0.2) is 83.5 Å². The van der Waals surface area contributed by atoms with Crippen molar-refractivity contribution >= 4 is 16.8 Å². The standard InChI is InChI=1S/C27H22N4O2/c1-17-23(24(30-33-17)18-9-3-2-4-10-18)27(32)31-16-14-20-19-11-5-6-12-21(19)29-25(20)26(31)22-13-7-8-15-28-22/h2-13,15,26,29H,14,16H2,1H3/t26-/m1/s1. The van der Waals surface area contributed by atoms with Crippen LogP contribution < -0.4 is 0 Å². The lowest BCUT2D eigenvalue weighted by atomic mass is 9.93. The van der Waals surface area contributed by atoms with Crippen LogP contribution in [-0.4, -0.2) is 32.5 Å². The molecule has 3 aromatic heterocycles. The molecule has 1 amide bonds. The topological polar surface area (TPSA) is 75.0 Å². The number of hydrogen-bond acceptors (Lipinski definition) is 4. The van der Waals surface area contributed by atoms with E-state index < -0.39 is 0 Å². The van der Waals surface area contributed by atoms with Gasteiger partial charge in [0.2, 0.25) is 0 Å². The van der Waals surface area contributed by atoms with Crippen molar-refractivity contribution in [3.63, 3.8) is 0 Å². The Hall–Kier alpha value is -4.19. The first-order chi connectivity index (χ1) is 16.2. The van der Waals surface area contributed by atoms with Crippen LogP contribution in [0.5, 0.6) is 0 Å². The van der Waals surface area contributed by atoms with Crippen LogP contribution in [-0.2, 0) is 6.42 Å². The van der Waals surface area contributed by atoms with Crippen LogP contribution in [0.3, 0.4) is 0 Å². The van der Waals surface area contributed by atoms with E-state index in [1.54, 1.807) is 13.1 Å². The third-order valence-electron chi connectivity index (χ3n) is 6.39. The van der Waals surface area contributed by atoms with Crippen molar-refractivity contribution in [1.82, 2.24) is 20.0 Å². The van der Waals surface area contributed by atoms with Crippen LogP contribution in [0.4, 0.5) is 0 Å². The SMILES string of the molecule is Cc1onc(-c2ccccc2)c1C(=O)N1CCc2c([nH]c3ccccc23)[C@H]1c1ccccn1. The first kappa shape index (κ1) is 19.5. The second-order valence-electron chi connectivity index (χ2n) is 8.30. The number of para-hydroxylation sites is 1. The normalized spacial score (nSPS) is 15.5. The summed E-state index contributed by atoms with van der Waals surface area (Å²) in [6, 6.07) is 23.5. The molecular weight excluding hydrogens is 412 g/mol. The largest absolute Gasteiger partial charge is 0.360 e. The maximum Gasteiger partial charge on any atom is 0.260 e. The highest BCUT2D eigenvalue weighted by atomic mass is 16.5. The third-order valence-corrected chi connectivity index (χ3v) is 6.39. The van der Waals surface area contributed by atoms with Crippen LogP contribution in [0.1, 0.15) is 39.1 Å². The van der Waals surface area contributed by atoms with E-state index in [1.165, 1.54) is 10.9 Å². The summed E-state index contributed by atoms with van der Waals surface area (Å²) in [5.74, 6) is 0.411. The second kappa shape index (κ2) is 7.74. The number of pyridine rings is 1. The van der Waals surface area contributed by atoms with Gasteiger partial charge in [0.25, 0.3) is 5.91 Å². The average molecular weight is 434 g/mol. The minimum Gasteiger partial charge on any atom is -0.360 e. The number of amides is 1. The van der Waals surface area contributed by atoms with Crippen molar-refractivity contribution in [2.45, 2.75) is 19.4 Å². The maximum absolute atomic E-state index is 14.1. The molecule has 1 N–H and O–H groups in total. The zero-order valence-corrected chi connectivity index (χ0v) is 18.2. The molecule has 1 atom stereocenters. The van der Waals surface area contributed by atoms with Gasteiger partial charge in [-0.25, -0.2) is 0 Å². The molecule has 0 saturated heterocycles. The van der Waals surface area contributed by atoms with E-state index in [4.69, 9.17) is 4.52 Å². The molecule has 0 radical (unpaired) electrons. The summed E-state index contributed by atoms with van der Waals surface area (Å²) in [6.07, 6.45) is 2.54. The summed E-state index contributed by atoms with van der Waals surface area (Å²) in [6.45, 7) is 2.37. The maximum atomic E-state index is 14.1. The van der Waals surface area contributed by atoms with Crippen molar-refractivity contribution in [2.75, 3.05) is 6.54 Å². The van der Waals surface area contributed by atoms with Gasteiger partial charge in [-0.15, -0.1) is 0 Å². The summed E-state index contributed by atoms with van der Waals surface area (Å²) in [7, 11) is 0. The fraction of sp³-hybridized carbons (Fsp3) is 0.148. The smallest absolute Gasteiger partial charge is 0.260 e. The quantitative estimate of drug-likeness (QED) is 0.417. The van der Waals surface area contributed by atoms with E-state index in [0.717, 1.165) is 28.9 Å². The molecule has 0 fully saturated rings. The number of aryl methyl sites for hydroxylation is 1. The number of benzene rings is 2. The van der Waals surface area contributed by atoms with Crippen LogP contribution in [0.25, 0.3) is 22.2 Å². The van der Waals surface area contributed by atoms with E-state index >= 15 is 0 Å². The molecule has 0 bridgehead atoms. The molecular formula is C27H22N4O2. The monoisotopic (exact) mass is 434 g/mol. The fourth-order valence-corrected chi connectivity index (χ4v) is 4.87. The molecule has 0 spiro atoms. The van der Waals surface area contributed by atoms with E-state index in [-0.39, 0.29) is 11.9 Å². The summed E-state index contributed by atoms with van der Waals surface area (Å²) in [4.78, 5) is 24.2. The summed E-state index contributed by atoms with van der Waals surface area (Å²) >= 11 is 0. The molecule has 2 aromatic carbocycles. The molecule has 0 saturated carbocycles. The van der Waals surface area contributed by atoms with Gasteiger partial charge in [-0.1, -0.05) is 59.8 Å². The van der Waals surface area contributed by atoms with Gasteiger partial charge in [-0.3, -0.25) is 9.78 Å². The van der Waals surface area contributed by atoms with Gasteiger partial charge in [-0.05, 0) is 37.1 Å². The van der Waals surface area contributed by atoms with E-state index in [0.29, 0.717) is 23.6 Å². The predicted molar refractivity (Wildman–Crippen MR) is 126 cm³/mol. The number of nitrogens with one attached hydrogen (secondary N) is 1. The van der Waals surface area contributed by atoms with Crippen molar-refractivity contribution < 1.29 is 9.32 Å². The van der Waals surface area contributed by atoms with Crippen LogP contribution >= 0.6 is 0 Å². The minimum atomic E-state index is -0.326. The molecule has 0 unspecified atom stereocenters. The average Bonchev–Trinajstić information content (AvgIpc) is 3.44. The number of H-pyrrole nitrogens is 1. The summed E-state index contributed by atoms with van der Waals surface area (Å²) in [5, 5.41) is 5.43. The zero-order valence-electron chi connectivity index (χ0n) is 18.2. The highest BCUT2D eigenvalue weighted by molar-refractivity contribution is 6.01. The first-order valence-electron chi connectivity index (χ1n) is 11.1. The number of carbonyl (C=O) groups is 1. The van der Waals surface area contributed by atoms with Gasteiger partial charge in [0.1, 0.15) is 23.1 Å². The molecule has 33 heavy (non-hydrogen) atoms. The second-order valence-corrected chi connectivity index (χ2v) is 8.30. The van der Waals surface area contributed by atoms with Crippen molar-refractivity contribution in [2.24, 2.45) is 0 Å². The molecule has 1 aliphatic heterocycles. The first-order valence-corrected chi connectivity index (χ1v) is 11.1. The summed E-state index contributed by atoms with van der Waals surface area (Å²) < 4.78 is 5.50. The van der Waals surface area contributed by atoms with Crippen LogP contribution in [0.2, 0.25) is 0 Å². The Balaban J connectivity index is 1.50. The Bertz CT molecular complexity index is 1450. The van der Waals surface area contributed by atoms with Crippen molar-refractivity contribution in [3.8, 4) is 11.3 Å². The highest BCUT2D eigenvalue weighted by Crippen LogP contribution is 2.39. The lowest BCUT2D eigenvalue weighted by Crippen LogP contribution is -2.41. The van der Waals surface area contributed by atoms with Gasteiger partial charge in [0.05, 0.1) is 5.69 Å². The predicted octanol–water partition coefficient (Wildman–Crippen LogP) is 5.31. The highest BCUT2D eigenvalue weighted by Gasteiger charge is 2.38. The fourth-order valence-electron chi connectivity index (χ4n) is 4.87. The Labute approximate surface area is 190 Å². The zero-order chi connectivity index (χ0) is 22.4. The minimum absolute atomic E-state index is 0.104. The van der Waals surface area contributed by atoms with Gasteiger partial charge in [0.15, 0.2) is 0 Å². The van der Waals surface area contributed by atoms with Crippen LogP contribution in [0, 0.1) is 6.92 Å². The number of hydrogen-bond donors (Lipinski definition) is 1. The Morgan fingerprint density at radius 2 is 1.82 bits per heavy atom. The third kappa shape index (κ3) is 3.14. The Morgan fingerprint density at radius 3 is 2.64 bits per heavy atom. The molecule has 4 heterocycles. The lowest BCUT2D eigenvalue weighted by molar-refractivity contribution is 0.0687. The van der Waals surface area contributed by atoms with Gasteiger partial charge in [0, 0.05) is 34.9 Å². The number of rotatable bonds is 3. The molecule has 1 aliphatic rings. The lowest BCUT2D eigenvalue weighted by Gasteiger charge is -2.35. The number of aromatic amines is 1. The summed E-state index contributed by atoms with van der Waals surface area (Å²) in [5.41, 5.74) is 6.09. The molecule has 6 heteroatoms.